The number of nitro groups is 1. The number of hydrogen-bond donors (Lipinski definition) is 1. The number of aryl methyl sites for hydroxylation is 3. The van der Waals surface area contributed by atoms with Gasteiger partial charge < -0.3 is 5.32 Å². The van der Waals surface area contributed by atoms with Gasteiger partial charge in [0, 0.05) is 17.8 Å². The molecule has 1 atom stereocenters. The summed E-state index contributed by atoms with van der Waals surface area (Å²) in [6.07, 6.45) is 1.17. The molecule has 0 saturated carbocycles. The summed E-state index contributed by atoms with van der Waals surface area (Å²) in [6, 6.07) is 8.44. The van der Waals surface area contributed by atoms with E-state index in [2.05, 4.69) is 5.32 Å². The first-order chi connectivity index (χ1) is 13.4. The van der Waals surface area contributed by atoms with Gasteiger partial charge in [0.2, 0.25) is 15.9 Å². The van der Waals surface area contributed by atoms with E-state index < -0.39 is 26.9 Å². The standard InChI is InChI=1S/C20H25N3O5S/c1-6-18(20(24)21-16-10-13(2)9-14(3)11-16)22(29(5,27)28)19-12-17(23(25)26)8-7-15(19)4/h7-12,18H,6H2,1-5H3,(H,21,24)/t18-/m0/s1. The summed E-state index contributed by atoms with van der Waals surface area (Å²) in [4.78, 5) is 23.6. The molecule has 1 N–H and O–H groups in total. The number of carbonyl (C=O) groups excluding carboxylic acids is 1. The van der Waals surface area contributed by atoms with E-state index in [1.54, 1.807) is 26.0 Å². The van der Waals surface area contributed by atoms with Crippen LogP contribution in [0.4, 0.5) is 17.1 Å². The summed E-state index contributed by atoms with van der Waals surface area (Å²) in [6.45, 7) is 7.13. The van der Waals surface area contributed by atoms with Crippen molar-refractivity contribution in [3.05, 3.63) is 63.2 Å². The lowest BCUT2D eigenvalue weighted by molar-refractivity contribution is -0.384. The molecule has 0 bridgehead atoms. The highest BCUT2D eigenvalue weighted by atomic mass is 32.2. The van der Waals surface area contributed by atoms with Crippen LogP contribution in [-0.2, 0) is 14.8 Å². The number of carbonyl (C=O) groups is 1. The van der Waals surface area contributed by atoms with Crippen molar-refractivity contribution in [2.45, 2.75) is 40.2 Å². The first kappa shape index (κ1) is 22.4. The van der Waals surface area contributed by atoms with E-state index in [1.165, 1.54) is 18.2 Å². The van der Waals surface area contributed by atoms with Gasteiger partial charge in [0.1, 0.15) is 6.04 Å². The second-order valence-corrected chi connectivity index (χ2v) is 8.94. The molecule has 156 valence electrons. The summed E-state index contributed by atoms with van der Waals surface area (Å²) in [7, 11) is -3.90. The summed E-state index contributed by atoms with van der Waals surface area (Å²) < 4.78 is 26.2. The average Bonchev–Trinajstić information content (AvgIpc) is 2.58. The quantitative estimate of drug-likeness (QED) is 0.543. The average molecular weight is 420 g/mol. The minimum absolute atomic E-state index is 0.115. The van der Waals surface area contributed by atoms with Crippen LogP contribution in [0.3, 0.4) is 0 Å². The third-order valence-corrected chi connectivity index (χ3v) is 5.63. The molecule has 1 amide bonds. The van der Waals surface area contributed by atoms with Crippen LogP contribution in [0, 0.1) is 30.9 Å². The van der Waals surface area contributed by atoms with E-state index in [-0.39, 0.29) is 17.8 Å². The molecule has 0 aliphatic rings. The van der Waals surface area contributed by atoms with E-state index >= 15 is 0 Å². The number of amides is 1. The van der Waals surface area contributed by atoms with Gasteiger partial charge in [-0.25, -0.2) is 8.42 Å². The second kappa shape index (κ2) is 8.60. The lowest BCUT2D eigenvalue weighted by Gasteiger charge is -2.31. The molecule has 0 fully saturated rings. The number of hydrogen-bond acceptors (Lipinski definition) is 5. The van der Waals surface area contributed by atoms with Crippen LogP contribution in [0.25, 0.3) is 0 Å². The fourth-order valence-electron chi connectivity index (χ4n) is 3.26. The molecule has 0 aromatic heterocycles. The van der Waals surface area contributed by atoms with E-state index in [1.807, 2.05) is 19.9 Å². The molecule has 2 aromatic carbocycles. The van der Waals surface area contributed by atoms with E-state index in [4.69, 9.17) is 0 Å². The highest BCUT2D eigenvalue weighted by Gasteiger charge is 2.33. The summed E-state index contributed by atoms with van der Waals surface area (Å²) in [5.74, 6) is -0.506. The minimum Gasteiger partial charge on any atom is -0.324 e. The predicted octanol–water partition coefficient (Wildman–Crippen LogP) is 3.70. The van der Waals surface area contributed by atoms with Crippen molar-refractivity contribution >= 4 is 33.0 Å². The van der Waals surface area contributed by atoms with Crippen LogP contribution in [-0.4, -0.2) is 31.5 Å². The minimum atomic E-state index is -3.90. The lowest BCUT2D eigenvalue weighted by Crippen LogP contribution is -2.47. The summed E-state index contributed by atoms with van der Waals surface area (Å²) >= 11 is 0. The fraction of sp³-hybridized carbons (Fsp3) is 0.350. The first-order valence-electron chi connectivity index (χ1n) is 9.07. The van der Waals surface area contributed by atoms with Crippen LogP contribution in [0.15, 0.2) is 36.4 Å². The molecular weight excluding hydrogens is 394 g/mol. The largest absolute Gasteiger partial charge is 0.324 e. The molecule has 0 radical (unpaired) electrons. The maximum absolute atomic E-state index is 13.0. The van der Waals surface area contributed by atoms with Crippen molar-refractivity contribution in [1.82, 2.24) is 0 Å². The van der Waals surface area contributed by atoms with Crippen molar-refractivity contribution in [2.75, 3.05) is 15.9 Å². The fourth-order valence-corrected chi connectivity index (χ4v) is 4.52. The second-order valence-electron chi connectivity index (χ2n) is 7.08. The van der Waals surface area contributed by atoms with Gasteiger partial charge in [-0.2, -0.15) is 0 Å². The SMILES string of the molecule is CC[C@@H](C(=O)Nc1cc(C)cc(C)c1)N(c1cc([N+](=O)[O-])ccc1C)S(C)(=O)=O. The van der Waals surface area contributed by atoms with Crippen molar-refractivity contribution in [2.24, 2.45) is 0 Å². The van der Waals surface area contributed by atoms with Crippen LogP contribution >= 0.6 is 0 Å². The Kier molecular flexibility index (Phi) is 6.63. The molecule has 0 saturated heterocycles. The molecule has 0 heterocycles. The maximum Gasteiger partial charge on any atom is 0.271 e. The van der Waals surface area contributed by atoms with Gasteiger partial charge in [-0.3, -0.25) is 19.2 Å². The molecule has 2 aromatic rings. The van der Waals surface area contributed by atoms with Gasteiger partial charge in [0.15, 0.2) is 0 Å². The number of nitrogens with zero attached hydrogens (tertiary/aromatic N) is 2. The van der Waals surface area contributed by atoms with Gasteiger partial charge >= 0.3 is 0 Å². The number of anilines is 2. The van der Waals surface area contributed by atoms with Crippen molar-refractivity contribution in [3.63, 3.8) is 0 Å². The van der Waals surface area contributed by atoms with Crippen LogP contribution < -0.4 is 9.62 Å². The predicted molar refractivity (Wildman–Crippen MR) is 114 cm³/mol. The van der Waals surface area contributed by atoms with Crippen LogP contribution in [0.5, 0.6) is 0 Å². The van der Waals surface area contributed by atoms with Gasteiger partial charge in [0.05, 0.1) is 16.9 Å². The first-order valence-corrected chi connectivity index (χ1v) is 10.9. The highest BCUT2D eigenvalue weighted by Crippen LogP contribution is 2.30. The normalized spacial score (nSPS) is 12.3. The maximum atomic E-state index is 13.0. The molecule has 9 heteroatoms. The summed E-state index contributed by atoms with van der Waals surface area (Å²) in [5, 5.41) is 13.9. The van der Waals surface area contributed by atoms with Gasteiger partial charge in [-0.1, -0.05) is 19.1 Å². The molecule has 0 aliphatic carbocycles. The molecule has 8 nitrogen and oxygen atoms in total. The van der Waals surface area contributed by atoms with Crippen molar-refractivity contribution < 1.29 is 18.1 Å². The number of sulfonamides is 1. The number of non-ortho nitro benzene ring substituents is 1. The van der Waals surface area contributed by atoms with E-state index in [9.17, 15) is 23.3 Å². The zero-order valence-corrected chi connectivity index (χ0v) is 17.9. The Hall–Kier alpha value is -2.94. The van der Waals surface area contributed by atoms with Crippen molar-refractivity contribution in [3.8, 4) is 0 Å². The zero-order chi connectivity index (χ0) is 21.9. The number of nitro benzene ring substituents is 1. The van der Waals surface area contributed by atoms with Crippen molar-refractivity contribution in [1.29, 1.82) is 0 Å². The molecule has 0 unspecified atom stereocenters. The van der Waals surface area contributed by atoms with Gasteiger partial charge in [-0.05, 0) is 56.0 Å². The van der Waals surface area contributed by atoms with Gasteiger partial charge in [-0.15, -0.1) is 0 Å². The Morgan fingerprint density at radius 1 is 1.14 bits per heavy atom. The Balaban J connectivity index is 2.51. The monoisotopic (exact) mass is 419 g/mol. The van der Waals surface area contributed by atoms with Crippen LogP contribution in [0.1, 0.15) is 30.0 Å². The third-order valence-electron chi connectivity index (χ3n) is 4.46. The molecule has 2 rings (SSSR count). The number of rotatable bonds is 7. The van der Waals surface area contributed by atoms with E-state index in [0.29, 0.717) is 11.3 Å². The molecular formula is C20H25N3O5S. The number of nitrogens with one attached hydrogen (secondary N) is 1. The highest BCUT2D eigenvalue weighted by molar-refractivity contribution is 7.92. The topological polar surface area (TPSA) is 110 Å². The summed E-state index contributed by atoms with van der Waals surface area (Å²) in [5.41, 5.74) is 2.87. The Labute approximate surface area is 170 Å². The lowest BCUT2D eigenvalue weighted by atomic mass is 10.1. The number of benzene rings is 2. The Bertz CT molecular complexity index is 1030. The van der Waals surface area contributed by atoms with Gasteiger partial charge in [0.25, 0.3) is 5.69 Å². The zero-order valence-electron chi connectivity index (χ0n) is 17.1. The Morgan fingerprint density at radius 2 is 1.72 bits per heavy atom. The Morgan fingerprint density at radius 3 is 2.21 bits per heavy atom. The van der Waals surface area contributed by atoms with E-state index in [0.717, 1.165) is 21.7 Å². The molecule has 0 aliphatic heterocycles. The molecule has 0 spiro atoms. The van der Waals surface area contributed by atoms with Crippen LogP contribution in [0.2, 0.25) is 0 Å². The third kappa shape index (κ3) is 5.32. The smallest absolute Gasteiger partial charge is 0.271 e. The molecule has 29 heavy (non-hydrogen) atoms.